The van der Waals surface area contributed by atoms with E-state index in [1.807, 2.05) is 56.3 Å². The third kappa shape index (κ3) is 13.2. The second-order valence-electron chi connectivity index (χ2n) is 9.14. The topological polar surface area (TPSA) is 41.1 Å². The second-order valence-corrected chi connectivity index (χ2v) is 9.14. The van der Waals surface area contributed by atoms with Crippen LogP contribution in [0.2, 0.25) is 0 Å². The molecule has 0 aromatic heterocycles. The van der Waals surface area contributed by atoms with Gasteiger partial charge in [0.25, 0.3) is 0 Å². The van der Waals surface area contributed by atoms with Crippen LogP contribution in [0.4, 0.5) is 5.69 Å². The lowest BCUT2D eigenvalue weighted by molar-refractivity contribution is -0.114. The fourth-order valence-corrected chi connectivity index (χ4v) is 3.70. The molecule has 3 nitrogen and oxygen atoms in total. The zero-order valence-corrected chi connectivity index (χ0v) is 22.0. The van der Waals surface area contributed by atoms with Crippen LogP contribution in [0.25, 0.3) is 11.1 Å². The molecule has 0 unspecified atom stereocenters. The van der Waals surface area contributed by atoms with Crippen molar-refractivity contribution >= 4 is 11.6 Å². The van der Waals surface area contributed by atoms with Gasteiger partial charge in [-0.2, -0.15) is 0 Å². The maximum absolute atomic E-state index is 10.9. The third-order valence-electron chi connectivity index (χ3n) is 5.72. The Kier molecular flexibility index (Phi) is 15.2. The van der Waals surface area contributed by atoms with Crippen LogP contribution in [0.3, 0.4) is 0 Å². The largest absolute Gasteiger partial charge is 0.326 e. The summed E-state index contributed by atoms with van der Waals surface area (Å²) in [6, 6.07) is 18.8. The summed E-state index contributed by atoms with van der Waals surface area (Å²) in [5, 5.41) is 6.45. The summed E-state index contributed by atoms with van der Waals surface area (Å²) in [6.45, 7) is 13.4. The normalized spacial score (nSPS) is 18.8. The molecule has 2 saturated carbocycles. The van der Waals surface area contributed by atoms with E-state index in [-0.39, 0.29) is 5.91 Å². The summed E-state index contributed by atoms with van der Waals surface area (Å²) < 4.78 is 0. The monoisotopic (exact) mass is 452 g/mol. The summed E-state index contributed by atoms with van der Waals surface area (Å²) in [6.07, 6.45) is 9.96. The van der Waals surface area contributed by atoms with Crippen LogP contribution in [0.15, 0.2) is 54.6 Å². The molecule has 2 N–H and O–H groups in total. The van der Waals surface area contributed by atoms with Gasteiger partial charge in [0.05, 0.1) is 0 Å². The zero-order chi connectivity index (χ0) is 24.5. The van der Waals surface area contributed by atoms with Gasteiger partial charge < -0.3 is 10.6 Å². The highest BCUT2D eigenvalue weighted by Crippen LogP contribution is 2.29. The van der Waals surface area contributed by atoms with E-state index in [1.54, 1.807) is 0 Å². The van der Waals surface area contributed by atoms with Crippen molar-refractivity contribution in [1.82, 2.24) is 5.32 Å². The van der Waals surface area contributed by atoms with Crippen LogP contribution in [-0.4, -0.2) is 18.5 Å². The van der Waals surface area contributed by atoms with Gasteiger partial charge in [-0.15, -0.1) is 0 Å². The van der Waals surface area contributed by atoms with Crippen LogP contribution in [0.1, 0.15) is 86.5 Å². The lowest BCUT2D eigenvalue weighted by Crippen LogP contribution is -2.34. The van der Waals surface area contributed by atoms with Gasteiger partial charge in [-0.1, -0.05) is 83.5 Å². The van der Waals surface area contributed by atoms with E-state index < -0.39 is 0 Å². The summed E-state index contributed by atoms with van der Waals surface area (Å²) >= 11 is 0. The average Bonchev–Trinajstić information content (AvgIpc) is 3.66. The van der Waals surface area contributed by atoms with Gasteiger partial charge in [-0.3, -0.25) is 4.79 Å². The van der Waals surface area contributed by atoms with E-state index in [9.17, 15) is 4.79 Å². The maximum Gasteiger partial charge on any atom is 0.221 e. The number of nitrogens with one attached hydrogen (secondary N) is 2. The Morgan fingerprint density at radius 1 is 0.818 bits per heavy atom. The molecule has 0 spiro atoms. The number of rotatable bonds is 5. The molecule has 4 rings (SSSR count). The Balaban J connectivity index is 0.000000283. The van der Waals surface area contributed by atoms with Gasteiger partial charge in [0, 0.05) is 18.7 Å². The van der Waals surface area contributed by atoms with E-state index >= 15 is 0 Å². The van der Waals surface area contributed by atoms with Gasteiger partial charge in [0.1, 0.15) is 0 Å². The average molecular weight is 453 g/mol. The van der Waals surface area contributed by atoms with E-state index in [1.165, 1.54) is 64.0 Å². The Morgan fingerprint density at radius 3 is 1.82 bits per heavy atom. The Morgan fingerprint density at radius 2 is 1.33 bits per heavy atom. The van der Waals surface area contributed by atoms with Crippen molar-refractivity contribution in [2.24, 2.45) is 11.8 Å². The second kappa shape index (κ2) is 17.4. The Labute approximate surface area is 203 Å². The highest BCUT2D eigenvalue weighted by atomic mass is 16.1. The van der Waals surface area contributed by atoms with Crippen molar-refractivity contribution in [3.8, 4) is 11.1 Å². The van der Waals surface area contributed by atoms with Gasteiger partial charge in [0.15, 0.2) is 0 Å². The third-order valence-corrected chi connectivity index (χ3v) is 5.72. The number of carbonyl (C=O) groups excluding carboxylic acids is 1. The molecule has 2 aliphatic rings. The molecule has 1 amide bonds. The first-order chi connectivity index (χ1) is 16.0. The molecule has 0 bridgehead atoms. The van der Waals surface area contributed by atoms with Gasteiger partial charge in [-0.05, 0) is 80.2 Å². The molecule has 2 aromatic carbocycles. The number of hydrogen-bond acceptors (Lipinski definition) is 2. The minimum Gasteiger partial charge on any atom is -0.326 e. The smallest absolute Gasteiger partial charge is 0.221 e. The SMILES string of the molecule is CC.CC(=O)Nc1ccc(-c2ccccc2)cc1.CC1CCC(NCC2CC2)CC1.CCC. The molecule has 2 fully saturated rings. The summed E-state index contributed by atoms with van der Waals surface area (Å²) in [4.78, 5) is 10.9. The van der Waals surface area contributed by atoms with Crippen LogP contribution in [-0.2, 0) is 4.79 Å². The van der Waals surface area contributed by atoms with E-state index in [4.69, 9.17) is 0 Å². The van der Waals surface area contributed by atoms with Crippen molar-refractivity contribution in [2.45, 2.75) is 92.5 Å². The molecular formula is C30H48N2O. The first kappa shape index (κ1) is 28.9. The van der Waals surface area contributed by atoms with E-state index in [0.29, 0.717) is 0 Å². The predicted molar refractivity (Wildman–Crippen MR) is 146 cm³/mol. The standard InChI is InChI=1S/C14H13NO.C11H21N.C3H8.C2H6/c1-11(16)15-14-9-7-13(8-10-14)12-5-3-2-4-6-12;1-9-2-6-11(7-3-9)12-8-10-4-5-10;1-3-2;1-2/h2-10H,1H3,(H,15,16);9-12H,2-8H2,1H3;3H2,1-2H3;1-2H3. The van der Waals surface area contributed by atoms with Gasteiger partial charge in [-0.25, -0.2) is 0 Å². The fourth-order valence-electron chi connectivity index (χ4n) is 3.70. The summed E-state index contributed by atoms with van der Waals surface area (Å²) in [7, 11) is 0. The molecular weight excluding hydrogens is 404 g/mol. The molecule has 0 heterocycles. The molecule has 0 aliphatic heterocycles. The fraction of sp³-hybridized carbons (Fsp3) is 0.567. The summed E-state index contributed by atoms with van der Waals surface area (Å²) in [5.41, 5.74) is 3.15. The van der Waals surface area contributed by atoms with Crippen molar-refractivity contribution in [1.29, 1.82) is 0 Å². The molecule has 33 heavy (non-hydrogen) atoms. The van der Waals surface area contributed by atoms with E-state index in [0.717, 1.165) is 29.1 Å². The zero-order valence-electron chi connectivity index (χ0n) is 22.0. The van der Waals surface area contributed by atoms with Crippen molar-refractivity contribution in [3.05, 3.63) is 54.6 Å². The lowest BCUT2D eigenvalue weighted by Gasteiger charge is -2.26. The van der Waals surface area contributed by atoms with Crippen molar-refractivity contribution < 1.29 is 4.79 Å². The van der Waals surface area contributed by atoms with Crippen LogP contribution >= 0.6 is 0 Å². The molecule has 2 aliphatic carbocycles. The molecule has 3 heteroatoms. The van der Waals surface area contributed by atoms with Crippen molar-refractivity contribution in [2.75, 3.05) is 11.9 Å². The van der Waals surface area contributed by atoms with Gasteiger partial charge >= 0.3 is 0 Å². The molecule has 0 atom stereocenters. The number of anilines is 1. The molecule has 2 aromatic rings. The Hall–Kier alpha value is -2.13. The molecule has 184 valence electrons. The first-order valence-corrected chi connectivity index (χ1v) is 13.2. The van der Waals surface area contributed by atoms with Crippen LogP contribution in [0, 0.1) is 11.8 Å². The van der Waals surface area contributed by atoms with Crippen molar-refractivity contribution in [3.63, 3.8) is 0 Å². The Bertz CT molecular complexity index is 730. The number of carbonyl (C=O) groups is 1. The minimum atomic E-state index is -0.0486. The number of benzene rings is 2. The molecule has 0 radical (unpaired) electrons. The number of amides is 1. The highest BCUT2D eigenvalue weighted by Gasteiger charge is 2.23. The molecule has 0 saturated heterocycles. The number of hydrogen-bond donors (Lipinski definition) is 2. The quantitative estimate of drug-likeness (QED) is 0.479. The van der Waals surface area contributed by atoms with Gasteiger partial charge in [0.2, 0.25) is 5.91 Å². The van der Waals surface area contributed by atoms with Crippen LogP contribution < -0.4 is 10.6 Å². The van der Waals surface area contributed by atoms with E-state index in [2.05, 4.69) is 43.5 Å². The predicted octanol–water partition coefficient (Wildman–Crippen LogP) is 8.32. The van der Waals surface area contributed by atoms with Crippen LogP contribution in [0.5, 0.6) is 0 Å². The highest BCUT2D eigenvalue weighted by molar-refractivity contribution is 5.88. The minimum absolute atomic E-state index is 0.0486. The first-order valence-electron chi connectivity index (χ1n) is 13.2. The lowest BCUT2D eigenvalue weighted by atomic mass is 9.87. The summed E-state index contributed by atoms with van der Waals surface area (Å²) in [5.74, 6) is 1.99. The maximum atomic E-state index is 10.9.